The van der Waals surface area contributed by atoms with Crippen molar-refractivity contribution >= 4 is 0 Å². The summed E-state index contributed by atoms with van der Waals surface area (Å²) in [5.74, 6) is 0. The van der Waals surface area contributed by atoms with E-state index in [-0.39, 0.29) is 53.2 Å². The first-order valence-electron chi connectivity index (χ1n) is 19.6. The van der Waals surface area contributed by atoms with E-state index in [9.17, 15) is 26.3 Å². The molecule has 6 aromatic rings. The van der Waals surface area contributed by atoms with Gasteiger partial charge in [0, 0.05) is 24.8 Å². The van der Waals surface area contributed by atoms with E-state index in [1.54, 1.807) is 0 Å². The average molecular weight is 1020 g/mol. The largest absolute Gasteiger partial charge is 3.00 e. The molecule has 0 atom stereocenters. The molecule has 0 saturated heterocycles. The first-order valence-corrected chi connectivity index (χ1v) is 19.6. The van der Waals surface area contributed by atoms with Crippen molar-refractivity contribution < 1.29 is 46.4 Å². The standard InChI is InChI=1S/2C19H24N.C12H6F6N2.Ir/c2*1-18(2,3)15-9-7-14(8-10-15)17-13-16(11-12-20-17)19(4,5)6;13-11(14,15)7-1-3-9(19-5-7)10-4-2-8(6-20-10)12(16,17)18;/h2*7,9-13H,1-6H3;1-6H;/q2*-1;;+3. The Morgan fingerprint density at radius 3 is 0.902 bits per heavy atom. The molecule has 11 heteroatoms. The van der Waals surface area contributed by atoms with Gasteiger partial charge in [0.25, 0.3) is 0 Å². The van der Waals surface area contributed by atoms with E-state index in [2.05, 4.69) is 176 Å². The second kappa shape index (κ2) is 19.5. The van der Waals surface area contributed by atoms with Crippen LogP contribution < -0.4 is 0 Å². The number of halogens is 6. The van der Waals surface area contributed by atoms with Crippen molar-refractivity contribution in [2.24, 2.45) is 0 Å². The van der Waals surface area contributed by atoms with Crippen molar-refractivity contribution in [2.45, 2.75) is 117 Å². The summed E-state index contributed by atoms with van der Waals surface area (Å²) in [6.07, 6.45) is -4.04. The SMILES string of the molecule is CC(C)(C)c1c[c-]c(-c2cc(C(C)(C)C)ccn2)cc1.CC(C)(C)c1c[c-]c(-c2cc(C(C)(C)C)ccn2)cc1.FC(F)(F)c1ccc(-c2ccc(C(F)(F)F)cn2)nc1.[Ir+3]. The minimum absolute atomic E-state index is 0. The molecule has 61 heavy (non-hydrogen) atoms. The Morgan fingerprint density at radius 2 is 0.672 bits per heavy atom. The van der Waals surface area contributed by atoms with E-state index >= 15 is 0 Å². The Kier molecular flexibility index (Phi) is 16.2. The molecular weight excluding hydrogens is 963 g/mol. The molecule has 0 aliphatic heterocycles. The monoisotopic (exact) mass is 1020 g/mol. The van der Waals surface area contributed by atoms with Gasteiger partial charge in [0.1, 0.15) is 0 Å². The van der Waals surface area contributed by atoms with Crippen molar-refractivity contribution in [1.82, 2.24) is 19.9 Å². The first-order chi connectivity index (χ1) is 27.5. The van der Waals surface area contributed by atoms with Crippen molar-refractivity contribution in [1.29, 1.82) is 0 Å². The quantitative estimate of drug-likeness (QED) is 0.131. The number of pyridine rings is 4. The fourth-order valence-electron chi connectivity index (χ4n) is 5.62. The van der Waals surface area contributed by atoms with Crippen LogP contribution in [0.2, 0.25) is 0 Å². The van der Waals surface area contributed by atoms with E-state index in [0.717, 1.165) is 46.8 Å². The summed E-state index contributed by atoms with van der Waals surface area (Å²) in [6, 6.07) is 31.7. The van der Waals surface area contributed by atoms with Gasteiger partial charge in [-0.25, -0.2) is 0 Å². The summed E-state index contributed by atoms with van der Waals surface area (Å²) in [7, 11) is 0. The number of benzene rings is 2. The van der Waals surface area contributed by atoms with E-state index in [1.165, 1.54) is 22.3 Å². The topological polar surface area (TPSA) is 51.6 Å². The summed E-state index contributed by atoms with van der Waals surface area (Å²) in [5, 5.41) is 0. The van der Waals surface area contributed by atoms with Crippen LogP contribution in [0.5, 0.6) is 0 Å². The van der Waals surface area contributed by atoms with Crippen molar-refractivity contribution in [2.75, 3.05) is 0 Å². The Labute approximate surface area is 371 Å². The van der Waals surface area contributed by atoms with Crippen LogP contribution in [-0.2, 0) is 54.1 Å². The third-order valence-electron chi connectivity index (χ3n) is 9.61. The van der Waals surface area contributed by atoms with Gasteiger partial charge < -0.3 is 9.97 Å². The zero-order valence-electron chi connectivity index (χ0n) is 36.8. The molecule has 0 radical (unpaired) electrons. The number of alkyl halides is 6. The fourth-order valence-corrected chi connectivity index (χ4v) is 5.62. The molecule has 0 bridgehead atoms. The van der Waals surface area contributed by atoms with Gasteiger partial charge in [-0.2, -0.15) is 26.3 Å². The normalized spacial score (nSPS) is 12.3. The smallest absolute Gasteiger partial charge is 0.305 e. The molecule has 0 fully saturated rings. The van der Waals surface area contributed by atoms with Crippen LogP contribution in [-0.4, -0.2) is 19.9 Å². The van der Waals surface area contributed by atoms with Gasteiger partial charge in [-0.1, -0.05) is 95.2 Å². The van der Waals surface area contributed by atoms with Crippen molar-refractivity contribution in [3.63, 3.8) is 0 Å². The van der Waals surface area contributed by atoms with E-state index in [4.69, 9.17) is 0 Å². The molecule has 0 spiro atoms. The number of nitrogens with zero attached hydrogens (tertiary/aromatic N) is 4. The maximum Gasteiger partial charge on any atom is 3.00 e. The summed E-state index contributed by atoms with van der Waals surface area (Å²) in [4.78, 5) is 16.1. The Balaban J connectivity index is 0.000000242. The van der Waals surface area contributed by atoms with E-state index < -0.39 is 23.5 Å². The first kappa shape index (κ1) is 50.6. The van der Waals surface area contributed by atoms with Gasteiger partial charge in [-0.05, 0) is 80.6 Å². The summed E-state index contributed by atoms with van der Waals surface area (Å²) in [5.41, 5.74) is 8.18. The number of rotatable bonds is 3. The van der Waals surface area contributed by atoms with Crippen LogP contribution in [0.15, 0.2) is 110 Å². The molecule has 0 saturated carbocycles. The number of aromatic nitrogens is 4. The molecule has 4 nitrogen and oxygen atoms in total. The fraction of sp³-hybridized carbons (Fsp3) is 0.360. The van der Waals surface area contributed by atoms with Crippen LogP contribution in [0.3, 0.4) is 0 Å². The van der Waals surface area contributed by atoms with E-state index in [1.807, 2.05) is 12.4 Å². The van der Waals surface area contributed by atoms with Gasteiger partial charge in [-0.3, -0.25) is 9.97 Å². The van der Waals surface area contributed by atoms with Crippen LogP contribution in [0.1, 0.15) is 116 Å². The molecular formula is C50H54F6IrN4+. The molecule has 0 amide bonds. The van der Waals surface area contributed by atoms with Gasteiger partial charge >= 0.3 is 32.5 Å². The minimum atomic E-state index is -4.51. The third-order valence-corrected chi connectivity index (χ3v) is 9.61. The van der Waals surface area contributed by atoms with Crippen molar-refractivity contribution in [3.8, 4) is 33.9 Å². The molecule has 0 N–H and O–H groups in total. The van der Waals surface area contributed by atoms with Gasteiger partial charge in [0.05, 0.1) is 22.5 Å². The Morgan fingerprint density at radius 1 is 0.361 bits per heavy atom. The third kappa shape index (κ3) is 14.7. The second-order valence-corrected chi connectivity index (χ2v) is 18.7. The van der Waals surface area contributed by atoms with Crippen LogP contribution >= 0.6 is 0 Å². The molecule has 324 valence electrons. The molecule has 0 aliphatic carbocycles. The van der Waals surface area contributed by atoms with E-state index in [0.29, 0.717) is 12.4 Å². The number of hydrogen-bond acceptors (Lipinski definition) is 4. The molecule has 4 heterocycles. The summed E-state index contributed by atoms with van der Waals surface area (Å²) in [6.45, 7) is 26.6. The maximum absolute atomic E-state index is 12.3. The predicted octanol–water partition coefficient (Wildman–Crippen LogP) is 14.5. The molecule has 0 aliphatic rings. The second-order valence-electron chi connectivity index (χ2n) is 18.7. The predicted molar refractivity (Wildman–Crippen MR) is 229 cm³/mol. The minimum Gasteiger partial charge on any atom is -0.305 e. The van der Waals surface area contributed by atoms with Gasteiger partial charge in [0.15, 0.2) is 0 Å². The van der Waals surface area contributed by atoms with Gasteiger partial charge in [-0.15, -0.1) is 70.8 Å². The molecule has 6 rings (SSSR count). The number of hydrogen-bond donors (Lipinski definition) is 0. The maximum atomic E-state index is 12.3. The van der Waals surface area contributed by atoms with Gasteiger partial charge in [0.2, 0.25) is 0 Å². The van der Waals surface area contributed by atoms with Crippen LogP contribution in [0.25, 0.3) is 33.9 Å². The zero-order valence-corrected chi connectivity index (χ0v) is 39.2. The average Bonchev–Trinajstić information content (AvgIpc) is 3.17. The Bertz CT molecular complexity index is 2120. The summed E-state index contributed by atoms with van der Waals surface area (Å²) >= 11 is 0. The van der Waals surface area contributed by atoms with Crippen LogP contribution in [0, 0.1) is 12.1 Å². The Hall–Kier alpha value is -4.73. The molecule has 4 aromatic heterocycles. The van der Waals surface area contributed by atoms with Crippen molar-refractivity contribution in [3.05, 3.63) is 155 Å². The molecule has 2 aromatic carbocycles. The molecule has 0 unspecified atom stereocenters. The summed E-state index contributed by atoms with van der Waals surface area (Å²) < 4.78 is 74.0. The van der Waals surface area contributed by atoms with Crippen LogP contribution in [0.4, 0.5) is 26.3 Å². The zero-order chi connectivity index (χ0) is 44.9.